The molecule has 0 saturated heterocycles. The molecule has 1 N–H and O–H groups in total. The molecule has 0 spiro atoms. The number of carbonyl (C=O) groups excluding carboxylic acids is 2. The Morgan fingerprint density at radius 3 is 2.60 bits per heavy atom. The molecule has 0 radical (unpaired) electrons. The molecule has 0 heterocycles. The molecule has 102 valence electrons. The molecule has 0 aliphatic heterocycles. The summed E-state index contributed by atoms with van der Waals surface area (Å²) < 4.78 is 5.44. The van der Waals surface area contributed by atoms with E-state index in [-0.39, 0.29) is 5.91 Å². The highest BCUT2D eigenvalue weighted by molar-refractivity contribution is 6.05. The fourth-order valence-electron chi connectivity index (χ4n) is 1.78. The van der Waals surface area contributed by atoms with E-state index in [1.165, 1.54) is 0 Å². The lowest BCUT2D eigenvalue weighted by atomic mass is 10.1. The van der Waals surface area contributed by atoms with E-state index in [9.17, 15) is 9.59 Å². The summed E-state index contributed by atoms with van der Waals surface area (Å²) in [7, 11) is 0. The van der Waals surface area contributed by atoms with Crippen molar-refractivity contribution in [3.63, 3.8) is 0 Å². The van der Waals surface area contributed by atoms with Crippen molar-refractivity contribution in [3.8, 4) is 5.75 Å². The lowest BCUT2D eigenvalue weighted by Gasteiger charge is -2.12. The van der Waals surface area contributed by atoms with Crippen LogP contribution in [0.1, 0.15) is 27.6 Å². The van der Waals surface area contributed by atoms with Crippen LogP contribution in [0.2, 0.25) is 0 Å². The Kier molecular flexibility index (Phi) is 4.50. The van der Waals surface area contributed by atoms with Crippen LogP contribution in [-0.2, 0) is 0 Å². The number of aldehydes is 1. The first-order valence-corrected chi connectivity index (χ1v) is 6.33. The number of nitrogens with one attached hydrogen (secondary N) is 1. The van der Waals surface area contributed by atoms with Gasteiger partial charge in [0, 0.05) is 11.1 Å². The summed E-state index contributed by atoms with van der Waals surface area (Å²) in [5.41, 5.74) is 1.52. The highest BCUT2D eigenvalue weighted by Crippen LogP contribution is 2.26. The van der Waals surface area contributed by atoms with Crippen LogP contribution in [0.25, 0.3) is 0 Å². The summed E-state index contributed by atoms with van der Waals surface area (Å²) in [5, 5.41) is 2.76. The molecule has 0 aromatic heterocycles. The number of carbonyl (C=O) groups is 2. The van der Waals surface area contributed by atoms with Gasteiger partial charge in [0.15, 0.2) is 0 Å². The first-order chi connectivity index (χ1) is 9.74. The van der Waals surface area contributed by atoms with Gasteiger partial charge in [0.25, 0.3) is 5.91 Å². The van der Waals surface area contributed by atoms with E-state index in [0.29, 0.717) is 29.2 Å². The van der Waals surface area contributed by atoms with Gasteiger partial charge in [-0.05, 0) is 37.3 Å². The van der Waals surface area contributed by atoms with Crippen LogP contribution >= 0.6 is 0 Å². The zero-order valence-corrected chi connectivity index (χ0v) is 11.1. The minimum absolute atomic E-state index is 0.241. The molecule has 0 unspecified atom stereocenters. The maximum absolute atomic E-state index is 12.1. The van der Waals surface area contributed by atoms with Crippen LogP contribution < -0.4 is 10.1 Å². The maximum Gasteiger partial charge on any atom is 0.255 e. The van der Waals surface area contributed by atoms with Crippen LogP contribution in [0.15, 0.2) is 48.5 Å². The number of hydrogen-bond donors (Lipinski definition) is 1. The number of benzene rings is 2. The Morgan fingerprint density at radius 1 is 1.20 bits per heavy atom. The van der Waals surface area contributed by atoms with Gasteiger partial charge in [0.2, 0.25) is 0 Å². The van der Waals surface area contributed by atoms with E-state index in [4.69, 9.17) is 4.74 Å². The Hall–Kier alpha value is -2.62. The molecule has 0 bridgehead atoms. The van der Waals surface area contributed by atoms with Crippen LogP contribution in [0, 0.1) is 0 Å². The lowest BCUT2D eigenvalue weighted by Crippen LogP contribution is -2.13. The molecule has 0 saturated carbocycles. The highest BCUT2D eigenvalue weighted by Gasteiger charge is 2.10. The van der Waals surface area contributed by atoms with Crippen LogP contribution in [-0.4, -0.2) is 18.8 Å². The van der Waals surface area contributed by atoms with E-state index in [1.807, 2.05) is 13.0 Å². The average Bonchev–Trinajstić information content (AvgIpc) is 2.50. The monoisotopic (exact) mass is 269 g/mol. The summed E-state index contributed by atoms with van der Waals surface area (Å²) in [6.07, 6.45) is 0.730. The summed E-state index contributed by atoms with van der Waals surface area (Å²) in [5.74, 6) is 0.303. The molecule has 1 amide bonds. The van der Waals surface area contributed by atoms with E-state index < -0.39 is 0 Å². The normalized spacial score (nSPS) is 9.85. The number of rotatable bonds is 5. The quantitative estimate of drug-likeness (QED) is 0.848. The van der Waals surface area contributed by atoms with Crippen molar-refractivity contribution in [2.75, 3.05) is 11.9 Å². The first kappa shape index (κ1) is 13.8. The predicted molar refractivity (Wildman–Crippen MR) is 77.4 cm³/mol. The van der Waals surface area contributed by atoms with E-state index in [0.717, 1.165) is 6.29 Å². The molecule has 0 atom stereocenters. The van der Waals surface area contributed by atoms with Crippen LogP contribution in [0.4, 0.5) is 5.69 Å². The van der Waals surface area contributed by atoms with Gasteiger partial charge in [-0.3, -0.25) is 9.59 Å². The van der Waals surface area contributed by atoms with Gasteiger partial charge in [-0.1, -0.05) is 18.2 Å². The van der Waals surface area contributed by atoms with Gasteiger partial charge < -0.3 is 10.1 Å². The standard InChI is InChI=1S/C16H15NO3/c1-2-20-15-9-8-12(11-18)10-14(15)17-16(19)13-6-4-3-5-7-13/h3-11H,2H2,1H3,(H,17,19). The number of amides is 1. The molecular formula is C16H15NO3. The van der Waals surface area contributed by atoms with Crippen molar-refractivity contribution in [3.05, 3.63) is 59.7 Å². The van der Waals surface area contributed by atoms with E-state index >= 15 is 0 Å². The van der Waals surface area contributed by atoms with Crippen molar-refractivity contribution in [1.82, 2.24) is 0 Å². The molecular weight excluding hydrogens is 254 g/mol. The second kappa shape index (κ2) is 6.52. The molecule has 0 fully saturated rings. The molecule has 4 nitrogen and oxygen atoms in total. The van der Waals surface area contributed by atoms with Crippen molar-refractivity contribution < 1.29 is 14.3 Å². The predicted octanol–water partition coefficient (Wildman–Crippen LogP) is 3.15. The lowest BCUT2D eigenvalue weighted by molar-refractivity contribution is 0.102. The number of anilines is 1. The minimum Gasteiger partial charge on any atom is -0.492 e. The van der Waals surface area contributed by atoms with Gasteiger partial charge in [-0.2, -0.15) is 0 Å². The summed E-state index contributed by atoms with van der Waals surface area (Å²) >= 11 is 0. The molecule has 2 aromatic carbocycles. The summed E-state index contributed by atoms with van der Waals surface area (Å²) in [6.45, 7) is 2.34. The third kappa shape index (κ3) is 3.23. The van der Waals surface area contributed by atoms with E-state index in [1.54, 1.807) is 42.5 Å². The Balaban J connectivity index is 2.27. The highest BCUT2D eigenvalue weighted by atomic mass is 16.5. The van der Waals surface area contributed by atoms with Crippen LogP contribution in [0.5, 0.6) is 5.75 Å². The van der Waals surface area contributed by atoms with E-state index in [2.05, 4.69) is 5.32 Å². The second-order valence-electron chi connectivity index (χ2n) is 4.13. The maximum atomic E-state index is 12.1. The van der Waals surface area contributed by atoms with Crippen molar-refractivity contribution in [2.24, 2.45) is 0 Å². The molecule has 2 rings (SSSR count). The van der Waals surface area contributed by atoms with Crippen LogP contribution in [0.3, 0.4) is 0 Å². The Bertz CT molecular complexity index is 608. The smallest absolute Gasteiger partial charge is 0.255 e. The molecule has 0 aliphatic carbocycles. The second-order valence-corrected chi connectivity index (χ2v) is 4.13. The van der Waals surface area contributed by atoms with Gasteiger partial charge in [-0.25, -0.2) is 0 Å². The summed E-state index contributed by atoms with van der Waals surface area (Å²) in [4.78, 5) is 22.9. The van der Waals surface area contributed by atoms with Gasteiger partial charge in [-0.15, -0.1) is 0 Å². The summed E-state index contributed by atoms with van der Waals surface area (Å²) in [6, 6.07) is 13.8. The molecule has 4 heteroatoms. The average molecular weight is 269 g/mol. The number of ether oxygens (including phenoxy) is 1. The third-order valence-corrected chi connectivity index (χ3v) is 2.72. The molecule has 0 aliphatic rings. The SMILES string of the molecule is CCOc1ccc(C=O)cc1NC(=O)c1ccccc1. The van der Waals surface area contributed by atoms with Gasteiger partial charge in [0.1, 0.15) is 12.0 Å². The molecule has 2 aromatic rings. The minimum atomic E-state index is -0.241. The first-order valence-electron chi connectivity index (χ1n) is 6.33. The third-order valence-electron chi connectivity index (χ3n) is 2.72. The fourth-order valence-corrected chi connectivity index (χ4v) is 1.78. The zero-order valence-electron chi connectivity index (χ0n) is 11.1. The molecule has 20 heavy (non-hydrogen) atoms. The fraction of sp³-hybridized carbons (Fsp3) is 0.125. The topological polar surface area (TPSA) is 55.4 Å². The zero-order chi connectivity index (χ0) is 14.4. The number of hydrogen-bond acceptors (Lipinski definition) is 3. The van der Waals surface area contributed by atoms with Crippen molar-refractivity contribution in [1.29, 1.82) is 0 Å². The van der Waals surface area contributed by atoms with Crippen molar-refractivity contribution in [2.45, 2.75) is 6.92 Å². The largest absolute Gasteiger partial charge is 0.492 e. The Labute approximate surface area is 117 Å². The van der Waals surface area contributed by atoms with Gasteiger partial charge in [0.05, 0.1) is 12.3 Å². The Morgan fingerprint density at radius 2 is 1.95 bits per heavy atom. The van der Waals surface area contributed by atoms with Crippen molar-refractivity contribution >= 4 is 17.9 Å². The van der Waals surface area contributed by atoms with Gasteiger partial charge >= 0.3 is 0 Å².